The Bertz CT molecular complexity index is 835. The molecule has 0 atom stereocenters. The summed E-state index contributed by atoms with van der Waals surface area (Å²) < 4.78 is 38.9. The monoisotopic (exact) mass is 312 g/mol. The summed E-state index contributed by atoms with van der Waals surface area (Å²) in [7, 11) is 0. The second kappa shape index (κ2) is 4.59. The number of H-pyrrole nitrogens is 1. The number of aromatic amines is 1. The van der Waals surface area contributed by atoms with Crippen molar-refractivity contribution in [1.29, 1.82) is 0 Å². The van der Waals surface area contributed by atoms with E-state index in [9.17, 15) is 23.3 Å². The quantitative estimate of drug-likeness (QED) is 0.544. The fourth-order valence-corrected chi connectivity index (χ4v) is 2.96. The number of nitrogens with one attached hydrogen (secondary N) is 1. The van der Waals surface area contributed by atoms with Crippen LogP contribution in [0.1, 0.15) is 4.88 Å². The van der Waals surface area contributed by atoms with Gasteiger partial charge in [-0.15, -0.1) is 11.3 Å². The topological polar surface area (TPSA) is 58.9 Å². The predicted octanol–water partition coefficient (Wildman–Crippen LogP) is 4.82. The lowest BCUT2D eigenvalue weighted by Crippen LogP contribution is -2.03. The molecule has 0 bridgehead atoms. The van der Waals surface area contributed by atoms with Gasteiger partial charge >= 0.3 is 6.18 Å². The zero-order valence-electron chi connectivity index (χ0n) is 10.3. The number of thiophene rings is 1. The van der Waals surface area contributed by atoms with Crippen molar-refractivity contribution in [3.63, 3.8) is 0 Å². The molecular formula is C13H7F3N2O2S. The van der Waals surface area contributed by atoms with Crippen molar-refractivity contribution in [2.45, 2.75) is 6.18 Å². The minimum Gasteiger partial charge on any atom is -0.361 e. The zero-order chi connectivity index (χ0) is 15.2. The SMILES string of the molecule is O=[N+]([O-])c1ccc2[nH]cc(-c3ccsc3C(F)(F)F)c2c1. The second-order valence-corrected chi connectivity index (χ2v) is 5.27. The molecule has 0 radical (unpaired) electrons. The van der Waals surface area contributed by atoms with Crippen LogP contribution in [0.3, 0.4) is 0 Å². The molecule has 3 rings (SSSR count). The molecule has 0 unspecified atom stereocenters. The van der Waals surface area contributed by atoms with Crippen molar-refractivity contribution in [2.75, 3.05) is 0 Å². The molecule has 1 aromatic carbocycles. The number of nitro benzene ring substituents is 1. The number of alkyl halides is 3. The van der Waals surface area contributed by atoms with Crippen molar-refractivity contribution < 1.29 is 18.1 Å². The van der Waals surface area contributed by atoms with Crippen LogP contribution in [0.25, 0.3) is 22.0 Å². The molecular weight excluding hydrogens is 305 g/mol. The van der Waals surface area contributed by atoms with Gasteiger partial charge in [0.15, 0.2) is 0 Å². The normalized spacial score (nSPS) is 12.0. The van der Waals surface area contributed by atoms with E-state index in [4.69, 9.17) is 0 Å². The zero-order valence-corrected chi connectivity index (χ0v) is 11.1. The number of fused-ring (bicyclic) bond motifs is 1. The van der Waals surface area contributed by atoms with Crippen LogP contribution in [0, 0.1) is 10.1 Å². The Balaban J connectivity index is 2.24. The number of rotatable bonds is 2. The van der Waals surface area contributed by atoms with E-state index in [2.05, 4.69) is 4.98 Å². The van der Waals surface area contributed by atoms with Crippen molar-refractivity contribution in [3.05, 3.63) is 50.8 Å². The van der Waals surface area contributed by atoms with Gasteiger partial charge in [-0.1, -0.05) is 0 Å². The lowest BCUT2D eigenvalue weighted by atomic mass is 10.0. The number of nitrogens with zero attached hydrogens (tertiary/aromatic N) is 1. The fraction of sp³-hybridized carbons (Fsp3) is 0.0769. The Hall–Kier alpha value is -2.35. The van der Waals surface area contributed by atoms with Crippen molar-refractivity contribution in [3.8, 4) is 11.1 Å². The molecule has 2 heterocycles. The van der Waals surface area contributed by atoms with E-state index >= 15 is 0 Å². The largest absolute Gasteiger partial charge is 0.426 e. The van der Waals surface area contributed by atoms with E-state index < -0.39 is 16.0 Å². The van der Waals surface area contributed by atoms with Crippen LogP contribution >= 0.6 is 11.3 Å². The molecule has 0 aliphatic carbocycles. The standard InChI is InChI=1S/C13H7F3N2O2S/c14-13(15,16)12-8(3-4-21-12)10-6-17-11-2-1-7(18(19)20)5-9(10)11/h1-6,17H. The Morgan fingerprint density at radius 2 is 1.95 bits per heavy atom. The number of aromatic nitrogens is 1. The average Bonchev–Trinajstić information content (AvgIpc) is 3.02. The maximum atomic E-state index is 13.0. The van der Waals surface area contributed by atoms with Gasteiger partial charge in [-0.2, -0.15) is 13.2 Å². The number of hydrogen-bond donors (Lipinski definition) is 1. The van der Waals surface area contributed by atoms with Gasteiger partial charge in [0.2, 0.25) is 0 Å². The van der Waals surface area contributed by atoms with Crippen LogP contribution < -0.4 is 0 Å². The lowest BCUT2D eigenvalue weighted by molar-refractivity contribution is -0.384. The van der Waals surface area contributed by atoms with E-state index in [0.29, 0.717) is 27.8 Å². The van der Waals surface area contributed by atoms with Crippen molar-refractivity contribution in [1.82, 2.24) is 4.98 Å². The summed E-state index contributed by atoms with van der Waals surface area (Å²) >= 11 is 0.601. The highest BCUT2D eigenvalue weighted by atomic mass is 32.1. The maximum absolute atomic E-state index is 13.0. The molecule has 4 nitrogen and oxygen atoms in total. The first kappa shape index (κ1) is 13.6. The summed E-state index contributed by atoms with van der Waals surface area (Å²) in [4.78, 5) is 12.4. The van der Waals surface area contributed by atoms with E-state index in [0.717, 1.165) is 0 Å². The molecule has 3 aromatic rings. The van der Waals surface area contributed by atoms with Crippen LogP contribution in [-0.2, 0) is 6.18 Å². The summed E-state index contributed by atoms with van der Waals surface area (Å²) in [5, 5.41) is 12.6. The van der Waals surface area contributed by atoms with Gasteiger partial charge < -0.3 is 4.98 Å². The molecule has 0 saturated carbocycles. The van der Waals surface area contributed by atoms with Gasteiger partial charge in [0.1, 0.15) is 4.88 Å². The molecule has 0 amide bonds. The molecule has 0 aliphatic heterocycles. The van der Waals surface area contributed by atoms with Gasteiger partial charge in [-0.3, -0.25) is 10.1 Å². The summed E-state index contributed by atoms with van der Waals surface area (Å²) in [6.07, 6.45) is -3.01. The van der Waals surface area contributed by atoms with Crippen LogP contribution in [0.4, 0.5) is 18.9 Å². The number of hydrogen-bond acceptors (Lipinski definition) is 3. The van der Waals surface area contributed by atoms with Crippen LogP contribution in [0.5, 0.6) is 0 Å². The number of benzene rings is 1. The molecule has 108 valence electrons. The Kier molecular flexibility index (Phi) is 2.98. The van der Waals surface area contributed by atoms with Crippen LogP contribution in [0.15, 0.2) is 35.8 Å². The summed E-state index contributed by atoms with van der Waals surface area (Å²) in [5.41, 5.74) is 0.726. The molecule has 0 aliphatic rings. The van der Waals surface area contributed by atoms with Crippen LogP contribution in [-0.4, -0.2) is 9.91 Å². The van der Waals surface area contributed by atoms with Gasteiger partial charge in [-0.05, 0) is 17.5 Å². The molecule has 1 N–H and O–H groups in total. The van der Waals surface area contributed by atoms with Crippen molar-refractivity contribution in [2.24, 2.45) is 0 Å². The first-order chi connectivity index (χ1) is 9.88. The summed E-state index contributed by atoms with van der Waals surface area (Å²) in [6, 6.07) is 5.44. The molecule has 8 heteroatoms. The van der Waals surface area contributed by atoms with E-state index in [1.165, 1.54) is 35.8 Å². The predicted molar refractivity (Wildman–Crippen MR) is 73.3 cm³/mol. The van der Waals surface area contributed by atoms with Gasteiger partial charge in [0.05, 0.1) is 4.92 Å². The highest BCUT2D eigenvalue weighted by molar-refractivity contribution is 7.10. The van der Waals surface area contributed by atoms with Gasteiger partial charge in [0, 0.05) is 40.4 Å². The molecule has 2 aromatic heterocycles. The molecule has 21 heavy (non-hydrogen) atoms. The van der Waals surface area contributed by atoms with Crippen molar-refractivity contribution >= 4 is 27.9 Å². The Morgan fingerprint density at radius 1 is 1.19 bits per heavy atom. The maximum Gasteiger partial charge on any atom is 0.426 e. The Morgan fingerprint density at radius 3 is 2.62 bits per heavy atom. The second-order valence-electron chi connectivity index (χ2n) is 4.35. The summed E-state index contributed by atoms with van der Waals surface area (Å²) in [6.45, 7) is 0. The lowest BCUT2D eigenvalue weighted by Gasteiger charge is -2.06. The average molecular weight is 312 g/mol. The van der Waals surface area contributed by atoms with Crippen LogP contribution in [0.2, 0.25) is 0 Å². The van der Waals surface area contributed by atoms with Gasteiger partial charge in [-0.25, -0.2) is 0 Å². The number of nitro groups is 1. The smallest absolute Gasteiger partial charge is 0.361 e. The minimum absolute atomic E-state index is 0.0271. The third-order valence-electron chi connectivity index (χ3n) is 3.09. The highest BCUT2D eigenvalue weighted by Crippen LogP contribution is 2.43. The minimum atomic E-state index is -4.45. The molecule has 0 saturated heterocycles. The third-order valence-corrected chi connectivity index (χ3v) is 4.05. The first-order valence-corrected chi connectivity index (χ1v) is 6.66. The van der Waals surface area contributed by atoms with E-state index in [1.54, 1.807) is 0 Å². The number of non-ortho nitro benzene ring substituents is 1. The third kappa shape index (κ3) is 2.27. The highest BCUT2D eigenvalue weighted by Gasteiger charge is 2.35. The summed E-state index contributed by atoms with van der Waals surface area (Å²) in [5.74, 6) is 0. The van der Waals surface area contributed by atoms with E-state index in [1.807, 2.05) is 0 Å². The van der Waals surface area contributed by atoms with Gasteiger partial charge in [0.25, 0.3) is 5.69 Å². The fourth-order valence-electron chi connectivity index (χ4n) is 2.19. The first-order valence-electron chi connectivity index (χ1n) is 5.78. The molecule has 0 spiro atoms. The Labute approximate surface area is 120 Å². The number of halogens is 3. The van der Waals surface area contributed by atoms with E-state index in [-0.39, 0.29) is 11.3 Å². The molecule has 0 fully saturated rings.